The van der Waals surface area contributed by atoms with Crippen LogP contribution in [0.5, 0.6) is 0 Å². The van der Waals surface area contributed by atoms with Gasteiger partial charge < -0.3 is 10.1 Å². The molecule has 3 heteroatoms. The first-order chi connectivity index (χ1) is 6.34. The Morgan fingerprint density at radius 2 is 2.23 bits per heavy atom. The van der Waals surface area contributed by atoms with Crippen molar-refractivity contribution < 1.29 is 4.74 Å². The van der Waals surface area contributed by atoms with Gasteiger partial charge in [0.2, 0.25) is 0 Å². The van der Waals surface area contributed by atoms with Crippen LogP contribution in [-0.4, -0.2) is 31.6 Å². The van der Waals surface area contributed by atoms with E-state index in [9.17, 15) is 0 Å². The highest BCUT2D eigenvalue weighted by Gasteiger charge is 2.20. The van der Waals surface area contributed by atoms with E-state index < -0.39 is 0 Å². The molecule has 3 nitrogen and oxygen atoms in total. The molecule has 2 aliphatic heterocycles. The number of hydrogen-bond acceptors (Lipinski definition) is 3. The molecule has 1 unspecified atom stereocenters. The third kappa shape index (κ3) is 2.44. The zero-order chi connectivity index (χ0) is 9.10. The van der Waals surface area contributed by atoms with Gasteiger partial charge in [0.15, 0.2) is 5.90 Å². The molecule has 0 aromatic carbocycles. The Hall–Kier alpha value is -0.570. The quantitative estimate of drug-likeness (QED) is 0.696. The van der Waals surface area contributed by atoms with Crippen molar-refractivity contribution >= 4 is 5.90 Å². The molecule has 2 rings (SSSR count). The molecule has 0 spiro atoms. The minimum atomic E-state index is 0.316. The number of nitrogens with one attached hydrogen (secondary N) is 1. The van der Waals surface area contributed by atoms with Crippen LogP contribution in [0.2, 0.25) is 0 Å². The number of aliphatic imine (C=N–C) groups is 1. The van der Waals surface area contributed by atoms with E-state index in [1.807, 2.05) is 0 Å². The van der Waals surface area contributed by atoms with Gasteiger partial charge in [-0.25, -0.2) is 0 Å². The summed E-state index contributed by atoms with van der Waals surface area (Å²) in [6.45, 7) is 5.26. The van der Waals surface area contributed by atoms with Gasteiger partial charge >= 0.3 is 0 Å². The van der Waals surface area contributed by atoms with Crippen molar-refractivity contribution in [3.8, 4) is 0 Å². The SMILES string of the molecule is CC1CN=C(CC2CCNCC2)O1. The molecule has 0 radical (unpaired) electrons. The summed E-state index contributed by atoms with van der Waals surface area (Å²) >= 11 is 0. The second-order valence-electron chi connectivity index (χ2n) is 4.06. The minimum absolute atomic E-state index is 0.316. The summed E-state index contributed by atoms with van der Waals surface area (Å²) in [6, 6.07) is 0. The molecule has 0 aliphatic carbocycles. The van der Waals surface area contributed by atoms with Gasteiger partial charge in [0.05, 0.1) is 6.54 Å². The fraction of sp³-hybridized carbons (Fsp3) is 0.900. The van der Waals surface area contributed by atoms with E-state index in [0.717, 1.165) is 37.9 Å². The standard InChI is InChI=1S/C10H18N2O/c1-8-7-12-10(13-8)6-9-2-4-11-5-3-9/h8-9,11H,2-7H2,1H3. The smallest absolute Gasteiger partial charge is 0.183 e. The maximum absolute atomic E-state index is 5.59. The molecule has 0 bridgehead atoms. The highest BCUT2D eigenvalue weighted by molar-refractivity contribution is 5.77. The van der Waals surface area contributed by atoms with Gasteiger partial charge in [-0.2, -0.15) is 0 Å². The normalized spacial score (nSPS) is 29.9. The molecular weight excluding hydrogens is 164 g/mol. The summed E-state index contributed by atoms with van der Waals surface area (Å²) in [5.74, 6) is 1.80. The topological polar surface area (TPSA) is 33.6 Å². The Morgan fingerprint density at radius 1 is 1.46 bits per heavy atom. The van der Waals surface area contributed by atoms with Crippen LogP contribution in [-0.2, 0) is 4.74 Å². The number of rotatable bonds is 2. The van der Waals surface area contributed by atoms with Crippen LogP contribution in [0.4, 0.5) is 0 Å². The van der Waals surface area contributed by atoms with Gasteiger partial charge in [0.1, 0.15) is 6.10 Å². The predicted octanol–water partition coefficient (Wildman–Crippen LogP) is 1.19. The highest BCUT2D eigenvalue weighted by Crippen LogP contribution is 2.19. The number of hydrogen-bond donors (Lipinski definition) is 1. The number of nitrogens with zero attached hydrogens (tertiary/aromatic N) is 1. The van der Waals surface area contributed by atoms with Crippen molar-refractivity contribution in [3.05, 3.63) is 0 Å². The Morgan fingerprint density at radius 3 is 2.85 bits per heavy atom. The van der Waals surface area contributed by atoms with Crippen LogP contribution < -0.4 is 5.32 Å². The summed E-state index contributed by atoms with van der Waals surface area (Å²) in [6.07, 6.45) is 3.93. The molecular formula is C10H18N2O. The molecule has 0 amide bonds. The summed E-state index contributed by atoms with van der Waals surface area (Å²) in [7, 11) is 0. The fourth-order valence-electron chi connectivity index (χ4n) is 1.98. The fourth-order valence-corrected chi connectivity index (χ4v) is 1.98. The Balaban J connectivity index is 1.77. The van der Waals surface area contributed by atoms with Crippen molar-refractivity contribution in [2.24, 2.45) is 10.9 Å². The van der Waals surface area contributed by atoms with E-state index in [4.69, 9.17) is 4.74 Å². The summed E-state index contributed by atoms with van der Waals surface area (Å²) in [5, 5.41) is 3.37. The van der Waals surface area contributed by atoms with Crippen molar-refractivity contribution in [3.63, 3.8) is 0 Å². The maximum atomic E-state index is 5.59. The molecule has 74 valence electrons. The molecule has 0 saturated carbocycles. The Kier molecular flexibility index (Phi) is 2.83. The molecule has 0 aromatic rings. The Labute approximate surface area is 79.6 Å². The van der Waals surface area contributed by atoms with E-state index in [2.05, 4.69) is 17.2 Å². The van der Waals surface area contributed by atoms with E-state index in [1.54, 1.807) is 0 Å². The maximum Gasteiger partial charge on any atom is 0.183 e. The van der Waals surface area contributed by atoms with Crippen LogP contribution in [0.1, 0.15) is 26.2 Å². The van der Waals surface area contributed by atoms with E-state index >= 15 is 0 Å². The number of piperidine rings is 1. The first kappa shape index (κ1) is 9.00. The lowest BCUT2D eigenvalue weighted by Gasteiger charge is -2.22. The second kappa shape index (κ2) is 4.09. The van der Waals surface area contributed by atoms with Gasteiger partial charge in [-0.15, -0.1) is 0 Å². The van der Waals surface area contributed by atoms with Gasteiger partial charge in [-0.1, -0.05) is 0 Å². The van der Waals surface area contributed by atoms with Crippen molar-refractivity contribution in [1.29, 1.82) is 0 Å². The van der Waals surface area contributed by atoms with Gasteiger partial charge in [-0.05, 0) is 38.8 Å². The lowest BCUT2D eigenvalue weighted by Crippen LogP contribution is -2.29. The summed E-state index contributed by atoms with van der Waals surface area (Å²) in [4.78, 5) is 4.38. The van der Waals surface area contributed by atoms with E-state index in [0.29, 0.717) is 6.10 Å². The van der Waals surface area contributed by atoms with Crippen LogP contribution >= 0.6 is 0 Å². The molecule has 2 heterocycles. The van der Waals surface area contributed by atoms with Crippen LogP contribution in [0.25, 0.3) is 0 Å². The molecule has 13 heavy (non-hydrogen) atoms. The van der Waals surface area contributed by atoms with Crippen molar-refractivity contribution in [2.75, 3.05) is 19.6 Å². The molecule has 0 aromatic heterocycles. The van der Waals surface area contributed by atoms with E-state index in [-0.39, 0.29) is 0 Å². The largest absolute Gasteiger partial charge is 0.476 e. The average molecular weight is 182 g/mol. The van der Waals surface area contributed by atoms with Gasteiger partial charge in [0.25, 0.3) is 0 Å². The molecule has 1 atom stereocenters. The third-order valence-corrected chi connectivity index (χ3v) is 2.78. The summed E-state index contributed by atoms with van der Waals surface area (Å²) in [5.41, 5.74) is 0. The van der Waals surface area contributed by atoms with Crippen molar-refractivity contribution in [1.82, 2.24) is 5.32 Å². The lowest BCUT2D eigenvalue weighted by molar-refractivity contribution is 0.231. The van der Waals surface area contributed by atoms with Crippen molar-refractivity contribution in [2.45, 2.75) is 32.3 Å². The minimum Gasteiger partial charge on any atom is -0.476 e. The van der Waals surface area contributed by atoms with E-state index in [1.165, 1.54) is 12.8 Å². The van der Waals surface area contributed by atoms with Crippen LogP contribution in [0.3, 0.4) is 0 Å². The van der Waals surface area contributed by atoms with Crippen LogP contribution in [0.15, 0.2) is 4.99 Å². The highest BCUT2D eigenvalue weighted by atomic mass is 16.5. The molecule has 2 aliphatic rings. The Bertz CT molecular complexity index is 197. The monoisotopic (exact) mass is 182 g/mol. The lowest BCUT2D eigenvalue weighted by atomic mass is 9.95. The zero-order valence-corrected chi connectivity index (χ0v) is 8.25. The van der Waals surface area contributed by atoms with Gasteiger partial charge in [0, 0.05) is 6.42 Å². The third-order valence-electron chi connectivity index (χ3n) is 2.78. The summed E-state index contributed by atoms with van der Waals surface area (Å²) < 4.78 is 5.59. The van der Waals surface area contributed by atoms with Gasteiger partial charge in [-0.3, -0.25) is 4.99 Å². The average Bonchev–Trinajstić information content (AvgIpc) is 2.53. The first-order valence-electron chi connectivity index (χ1n) is 5.25. The molecule has 1 saturated heterocycles. The first-order valence-corrected chi connectivity index (χ1v) is 5.25. The van der Waals surface area contributed by atoms with Crippen LogP contribution in [0, 0.1) is 5.92 Å². The predicted molar refractivity (Wildman–Crippen MR) is 53.1 cm³/mol. The second-order valence-corrected chi connectivity index (χ2v) is 4.06. The number of ether oxygens (including phenoxy) is 1. The molecule has 1 N–H and O–H groups in total. The molecule has 1 fully saturated rings. The zero-order valence-electron chi connectivity index (χ0n) is 8.25.